The molecule has 1 heterocycles. The molecule has 0 aromatic heterocycles. The van der Waals surface area contributed by atoms with E-state index in [1.54, 1.807) is 17.9 Å². The standard InChI is InChI=1S/C14H19N3O4/c1-10-5-11(7-12(6-10)17(19)20)14(18)16-3-4-21-13(9-16)8-15-2/h5-7,13,15H,3-4,8-9H2,1-2H3. The number of nitro groups is 1. The van der Waals surface area contributed by atoms with Crippen molar-refractivity contribution in [3.63, 3.8) is 0 Å². The highest BCUT2D eigenvalue weighted by Gasteiger charge is 2.25. The first-order valence-corrected chi connectivity index (χ1v) is 6.83. The maximum absolute atomic E-state index is 12.5. The van der Waals surface area contributed by atoms with Gasteiger partial charge in [-0.2, -0.15) is 0 Å². The SMILES string of the molecule is CNCC1CN(C(=O)c2cc(C)cc([N+](=O)[O-])c2)CCO1. The van der Waals surface area contributed by atoms with Crippen LogP contribution in [-0.4, -0.2) is 55.1 Å². The Bertz CT molecular complexity index is 545. The number of ether oxygens (including phenoxy) is 1. The van der Waals surface area contributed by atoms with E-state index in [1.807, 2.05) is 7.05 Å². The minimum Gasteiger partial charge on any atom is -0.373 e. The number of likely N-dealkylation sites (N-methyl/N-ethyl adjacent to an activating group) is 1. The van der Waals surface area contributed by atoms with Crippen LogP contribution in [0.4, 0.5) is 5.69 Å². The minimum absolute atomic E-state index is 0.0486. The van der Waals surface area contributed by atoms with Crippen LogP contribution in [0.15, 0.2) is 18.2 Å². The molecule has 1 atom stereocenters. The number of rotatable bonds is 4. The molecule has 1 fully saturated rings. The first-order chi connectivity index (χ1) is 10.0. The molecule has 1 aromatic rings. The molecule has 2 rings (SSSR count). The molecule has 0 bridgehead atoms. The lowest BCUT2D eigenvalue weighted by atomic mass is 10.1. The van der Waals surface area contributed by atoms with Crippen LogP contribution in [0, 0.1) is 17.0 Å². The van der Waals surface area contributed by atoms with Crippen molar-refractivity contribution in [3.8, 4) is 0 Å². The van der Waals surface area contributed by atoms with Crippen LogP contribution in [0.2, 0.25) is 0 Å². The van der Waals surface area contributed by atoms with Gasteiger partial charge in [-0.1, -0.05) is 0 Å². The van der Waals surface area contributed by atoms with E-state index >= 15 is 0 Å². The molecule has 1 saturated heterocycles. The van der Waals surface area contributed by atoms with Crippen molar-refractivity contribution < 1.29 is 14.5 Å². The summed E-state index contributed by atoms with van der Waals surface area (Å²) in [6, 6.07) is 4.47. The quantitative estimate of drug-likeness (QED) is 0.660. The van der Waals surface area contributed by atoms with Gasteiger partial charge in [0.25, 0.3) is 11.6 Å². The topological polar surface area (TPSA) is 84.7 Å². The number of hydrogen-bond acceptors (Lipinski definition) is 5. The normalized spacial score (nSPS) is 18.6. The second-order valence-electron chi connectivity index (χ2n) is 5.12. The van der Waals surface area contributed by atoms with Crippen LogP contribution in [0.25, 0.3) is 0 Å². The largest absolute Gasteiger partial charge is 0.373 e. The fourth-order valence-corrected chi connectivity index (χ4v) is 2.43. The van der Waals surface area contributed by atoms with E-state index in [2.05, 4.69) is 5.32 Å². The van der Waals surface area contributed by atoms with Gasteiger partial charge in [0.1, 0.15) is 0 Å². The number of aryl methyl sites for hydroxylation is 1. The minimum atomic E-state index is -0.479. The summed E-state index contributed by atoms with van der Waals surface area (Å²) >= 11 is 0. The number of nitrogens with zero attached hydrogens (tertiary/aromatic N) is 2. The Labute approximate surface area is 123 Å². The van der Waals surface area contributed by atoms with Gasteiger partial charge in [-0.05, 0) is 25.6 Å². The van der Waals surface area contributed by atoms with E-state index in [4.69, 9.17) is 4.74 Å². The van der Waals surface area contributed by atoms with Crippen LogP contribution < -0.4 is 5.32 Å². The first-order valence-electron chi connectivity index (χ1n) is 6.83. The Morgan fingerprint density at radius 1 is 1.52 bits per heavy atom. The second kappa shape index (κ2) is 6.64. The fourth-order valence-electron chi connectivity index (χ4n) is 2.43. The van der Waals surface area contributed by atoms with Gasteiger partial charge in [-0.3, -0.25) is 14.9 Å². The Kier molecular flexibility index (Phi) is 4.87. The number of nitro benzene ring substituents is 1. The number of carbonyl (C=O) groups is 1. The molecule has 7 nitrogen and oxygen atoms in total. The lowest BCUT2D eigenvalue weighted by molar-refractivity contribution is -0.384. The third kappa shape index (κ3) is 3.77. The van der Waals surface area contributed by atoms with Crippen LogP contribution in [0.3, 0.4) is 0 Å². The zero-order chi connectivity index (χ0) is 15.4. The number of non-ortho nitro benzene ring substituents is 1. The lowest BCUT2D eigenvalue weighted by Crippen LogP contribution is -2.48. The summed E-state index contributed by atoms with van der Waals surface area (Å²) < 4.78 is 5.56. The van der Waals surface area contributed by atoms with Gasteiger partial charge in [0.2, 0.25) is 0 Å². The highest BCUT2D eigenvalue weighted by atomic mass is 16.6. The first kappa shape index (κ1) is 15.4. The average molecular weight is 293 g/mol. The summed E-state index contributed by atoms with van der Waals surface area (Å²) in [5, 5.41) is 13.9. The Balaban J connectivity index is 2.17. The highest BCUT2D eigenvalue weighted by molar-refractivity contribution is 5.95. The van der Waals surface area contributed by atoms with Crippen molar-refractivity contribution in [1.82, 2.24) is 10.2 Å². The van der Waals surface area contributed by atoms with Gasteiger partial charge in [0.15, 0.2) is 0 Å². The van der Waals surface area contributed by atoms with Crippen molar-refractivity contribution in [2.75, 3.05) is 33.3 Å². The molecular formula is C14H19N3O4. The second-order valence-corrected chi connectivity index (χ2v) is 5.12. The van der Waals surface area contributed by atoms with E-state index in [1.165, 1.54) is 12.1 Å². The molecule has 1 aliphatic rings. The van der Waals surface area contributed by atoms with Gasteiger partial charge in [-0.25, -0.2) is 0 Å². The number of benzene rings is 1. The third-order valence-electron chi connectivity index (χ3n) is 3.38. The average Bonchev–Trinajstić information content (AvgIpc) is 2.46. The molecule has 0 radical (unpaired) electrons. The summed E-state index contributed by atoms with van der Waals surface area (Å²) in [6.07, 6.45) is -0.0486. The summed E-state index contributed by atoms with van der Waals surface area (Å²) in [7, 11) is 1.83. The Morgan fingerprint density at radius 3 is 2.95 bits per heavy atom. The number of nitrogens with one attached hydrogen (secondary N) is 1. The van der Waals surface area contributed by atoms with Crippen LogP contribution in [0.5, 0.6) is 0 Å². The number of carbonyl (C=O) groups excluding carboxylic acids is 1. The maximum Gasteiger partial charge on any atom is 0.270 e. The predicted molar refractivity (Wildman–Crippen MR) is 77.4 cm³/mol. The van der Waals surface area contributed by atoms with Crippen molar-refractivity contribution in [1.29, 1.82) is 0 Å². The molecule has 0 spiro atoms. The molecular weight excluding hydrogens is 274 g/mol. The molecule has 0 saturated carbocycles. The van der Waals surface area contributed by atoms with E-state index in [9.17, 15) is 14.9 Å². The van der Waals surface area contributed by atoms with Gasteiger partial charge in [0.05, 0.1) is 17.6 Å². The van der Waals surface area contributed by atoms with Crippen molar-refractivity contribution in [2.45, 2.75) is 13.0 Å². The molecule has 1 unspecified atom stereocenters. The van der Waals surface area contributed by atoms with Gasteiger partial charge < -0.3 is 15.0 Å². The zero-order valence-corrected chi connectivity index (χ0v) is 12.2. The summed E-state index contributed by atoms with van der Waals surface area (Å²) in [4.78, 5) is 24.6. The molecule has 1 aromatic carbocycles. The predicted octanol–water partition coefficient (Wildman–Crippen LogP) is 0.964. The molecule has 114 valence electrons. The number of hydrogen-bond donors (Lipinski definition) is 1. The van der Waals surface area contributed by atoms with Crippen molar-refractivity contribution in [3.05, 3.63) is 39.4 Å². The van der Waals surface area contributed by atoms with Crippen LogP contribution >= 0.6 is 0 Å². The zero-order valence-electron chi connectivity index (χ0n) is 12.2. The molecule has 1 N–H and O–H groups in total. The molecule has 1 aliphatic heterocycles. The maximum atomic E-state index is 12.5. The summed E-state index contributed by atoms with van der Waals surface area (Å²) in [5.41, 5.74) is 0.998. The molecule has 0 aliphatic carbocycles. The fraction of sp³-hybridized carbons (Fsp3) is 0.500. The Hall–Kier alpha value is -1.99. The van der Waals surface area contributed by atoms with Gasteiger partial charge >= 0.3 is 0 Å². The number of morpholine rings is 1. The van der Waals surface area contributed by atoms with Gasteiger partial charge in [-0.15, -0.1) is 0 Å². The molecule has 21 heavy (non-hydrogen) atoms. The Morgan fingerprint density at radius 2 is 2.29 bits per heavy atom. The van der Waals surface area contributed by atoms with E-state index in [-0.39, 0.29) is 17.7 Å². The monoisotopic (exact) mass is 293 g/mol. The van der Waals surface area contributed by atoms with E-state index in [0.717, 1.165) is 0 Å². The van der Waals surface area contributed by atoms with E-state index < -0.39 is 4.92 Å². The summed E-state index contributed by atoms with van der Waals surface area (Å²) in [5.74, 6) is -0.189. The van der Waals surface area contributed by atoms with E-state index in [0.29, 0.717) is 37.4 Å². The van der Waals surface area contributed by atoms with Crippen molar-refractivity contribution in [2.24, 2.45) is 0 Å². The smallest absolute Gasteiger partial charge is 0.270 e. The lowest BCUT2D eigenvalue weighted by Gasteiger charge is -2.33. The van der Waals surface area contributed by atoms with Gasteiger partial charge in [0, 0.05) is 37.3 Å². The van der Waals surface area contributed by atoms with Crippen molar-refractivity contribution >= 4 is 11.6 Å². The highest BCUT2D eigenvalue weighted by Crippen LogP contribution is 2.19. The molecule has 1 amide bonds. The summed E-state index contributed by atoms with van der Waals surface area (Å²) in [6.45, 7) is 3.87. The van der Waals surface area contributed by atoms with Crippen LogP contribution in [-0.2, 0) is 4.74 Å². The number of amides is 1. The van der Waals surface area contributed by atoms with Crippen LogP contribution in [0.1, 0.15) is 15.9 Å². The third-order valence-corrected chi connectivity index (χ3v) is 3.38. The molecule has 7 heteroatoms.